The molecule has 0 aliphatic carbocycles. The molecular weight excluding hydrogens is 384 g/mol. The summed E-state index contributed by atoms with van der Waals surface area (Å²) in [7, 11) is 0. The molecule has 31 heavy (non-hydrogen) atoms. The van der Waals surface area contributed by atoms with Gasteiger partial charge in [-0.05, 0) is 63.0 Å². The number of carbonyl (C=O) groups excluding carboxylic acids is 1. The van der Waals surface area contributed by atoms with E-state index >= 15 is 0 Å². The standard InChI is InChI=1S/C26H38N4O/c1-3-15-28-17-9-19-30(26(31)23-11-6-5-7-12-23)20-10-18-29(16-4-2)22-25-14-8-13-24(21-28)27-25/h5-8,11-14H,3-4,9-10,15-22H2,1-2H3. The second-order valence-electron chi connectivity index (χ2n) is 8.54. The normalized spacial score (nSPS) is 17.3. The molecule has 0 N–H and O–H groups in total. The molecule has 2 heterocycles. The highest BCUT2D eigenvalue weighted by Crippen LogP contribution is 2.12. The van der Waals surface area contributed by atoms with Crippen molar-refractivity contribution in [3.63, 3.8) is 0 Å². The molecule has 2 aromatic rings. The summed E-state index contributed by atoms with van der Waals surface area (Å²) in [6, 6.07) is 16.2. The molecule has 0 unspecified atom stereocenters. The minimum absolute atomic E-state index is 0.156. The number of carbonyl (C=O) groups is 1. The number of nitrogens with zero attached hydrogens (tertiary/aromatic N) is 4. The first-order valence-electron chi connectivity index (χ1n) is 11.9. The van der Waals surface area contributed by atoms with Crippen LogP contribution in [0.15, 0.2) is 48.5 Å². The molecule has 0 saturated heterocycles. The SMILES string of the molecule is CCCN1CCCN(C(=O)c2ccccc2)CCCN(CCC)Cc2cccc(n2)C1. The number of rotatable bonds is 5. The van der Waals surface area contributed by atoms with Crippen molar-refractivity contribution in [3.8, 4) is 0 Å². The van der Waals surface area contributed by atoms with E-state index < -0.39 is 0 Å². The minimum atomic E-state index is 0.156. The van der Waals surface area contributed by atoms with Gasteiger partial charge >= 0.3 is 0 Å². The quantitative estimate of drug-likeness (QED) is 0.714. The largest absolute Gasteiger partial charge is 0.339 e. The van der Waals surface area contributed by atoms with Gasteiger partial charge in [0.15, 0.2) is 0 Å². The Morgan fingerprint density at radius 1 is 0.774 bits per heavy atom. The summed E-state index contributed by atoms with van der Waals surface area (Å²) in [4.78, 5) is 25.2. The van der Waals surface area contributed by atoms with Crippen molar-refractivity contribution >= 4 is 5.91 Å². The van der Waals surface area contributed by atoms with Gasteiger partial charge in [-0.25, -0.2) is 0 Å². The van der Waals surface area contributed by atoms with Crippen LogP contribution in [0.4, 0.5) is 0 Å². The summed E-state index contributed by atoms with van der Waals surface area (Å²) in [5.41, 5.74) is 3.09. The number of aromatic nitrogens is 1. The summed E-state index contributed by atoms with van der Waals surface area (Å²) in [5.74, 6) is 0.156. The molecule has 1 aromatic heterocycles. The average molecular weight is 423 g/mol. The van der Waals surface area contributed by atoms with E-state index in [-0.39, 0.29) is 5.91 Å². The van der Waals surface area contributed by atoms with E-state index in [1.165, 1.54) is 0 Å². The van der Waals surface area contributed by atoms with Crippen molar-refractivity contribution in [2.75, 3.05) is 39.3 Å². The smallest absolute Gasteiger partial charge is 0.253 e. The topological polar surface area (TPSA) is 39.7 Å². The number of amides is 1. The van der Waals surface area contributed by atoms with Crippen molar-refractivity contribution in [2.45, 2.75) is 52.6 Å². The van der Waals surface area contributed by atoms with E-state index in [9.17, 15) is 4.79 Å². The molecule has 0 atom stereocenters. The van der Waals surface area contributed by atoms with E-state index in [1.54, 1.807) is 0 Å². The van der Waals surface area contributed by atoms with E-state index in [1.807, 2.05) is 30.3 Å². The molecule has 168 valence electrons. The lowest BCUT2D eigenvalue weighted by Crippen LogP contribution is -2.37. The third-order valence-electron chi connectivity index (χ3n) is 5.83. The van der Waals surface area contributed by atoms with Gasteiger partial charge in [-0.15, -0.1) is 0 Å². The molecule has 1 aliphatic heterocycles. The summed E-state index contributed by atoms with van der Waals surface area (Å²) < 4.78 is 0. The van der Waals surface area contributed by atoms with Crippen LogP contribution in [0.5, 0.6) is 0 Å². The predicted octanol–water partition coefficient (Wildman–Crippen LogP) is 4.44. The van der Waals surface area contributed by atoms with Crippen LogP contribution in [-0.4, -0.2) is 64.9 Å². The Kier molecular flexibility index (Phi) is 9.50. The van der Waals surface area contributed by atoms with Crippen LogP contribution in [0.1, 0.15) is 61.3 Å². The molecule has 5 nitrogen and oxygen atoms in total. The molecule has 2 bridgehead atoms. The first kappa shape index (κ1) is 23.4. The van der Waals surface area contributed by atoms with Gasteiger partial charge in [-0.2, -0.15) is 0 Å². The Balaban J connectivity index is 1.78. The fourth-order valence-electron chi connectivity index (χ4n) is 4.38. The van der Waals surface area contributed by atoms with Gasteiger partial charge in [-0.3, -0.25) is 19.6 Å². The highest BCUT2D eigenvalue weighted by molar-refractivity contribution is 5.94. The second-order valence-corrected chi connectivity index (χ2v) is 8.54. The third kappa shape index (κ3) is 7.44. The van der Waals surface area contributed by atoms with Crippen LogP contribution in [0, 0.1) is 0 Å². The van der Waals surface area contributed by atoms with Crippen LogP contribution in [0.2, 0.25) is 0 Å². The maximum Gasteiger partial charge on any atom is 0.253 e. The molecule has 0 fully saturated rings. The van der Waals surface area contributed by atoms with Gasteiger partial charge in [-0.1, -0.05) is 38.1 Å². The summed E-state index contributed by atoms with van der Waals surface area (Å²) >= 11 is 0. The van der Waals surface area contributed by atoms with Gasteiger partial charge in [0.05, 0.1) is 11.4 Å². The van der Waals surface area contributed by atoms with E-state index in [0.717, 1.165) is 95.0 Å². The molecular formula is C26H38N4O. The van der Waals surface area contributed by atoms with Crippen molar-refractivity contribution in [3.05, 3.63) is 65.5 Å². The van der Waals surface area contributed by atoms with Crippen LogP contribution in [-0.2, 0) is 13.1 Å². The van der Waals surface area contributed by atoms with E-state index in [2.05, 4.69) is 46.7 Å². The lowest BCUT2D eigenvalue weighted by Gasteiger charge is -2.28. The first-order valence-corrected chi connectivity index (χ1v) is 11.9. The van der Waals surface area contributed by atoms with Gasteiger partial charge in [0.25, 0.3) is 5.91 Å². The van der Waals surface area contributed by atoms with Crippen molar-refractivity contribution < 1.29 is 4.79 Å². The number of fused-ring (bicyclic) bond motifs is 2. The van der Waals surface area contributed by atoms with Crippen LogP contribution >= 0.6 is 0 Å². The highest BCUT2D eigenvalue weighted by atomic mass is 16.2. The average Bonchev–Trinajstić information content (AvgIpc) is 2.78. The monoisotopic (exact) mass is 422 g/mol. The van der Waals surface area contributed by atoms with Crippen LogP contribution in [0.25, 0.3) is 0 Å². The molecule has 1 amide bonds. The van der Waals surface area contributed by atoms with Crippen molar-refractivity contribution in [1.29, 1.82) is 0 Å². The Morgan fingerprint density at radius 3 is 1.84 bits per heavy atom. The van der Waals surface area contributed by atoms with Gasteiger partial charge in [0, 0.05) is 44.8 Å². The number of hydrogen-bond acceptors (Lipinski definition) is 4. The van der Waals surface area contributed by atoms with Crippen LogP contribution in [0.3, 0.4) is 0 Å². The summed E-state index contributed by atoms with van der Waals surface area (Å²) in [6.07, 6.45) is 4.21. The fourth-order valence-corrected chi connectivity index (χ4v) is 4.38. The first-order chi connectivity index (χ1) is 15.2. The van der Waals surface area contributed by atoms with Crippen molar-refractivity contribution in [1.82, 2.24) is 19.7 Å². The lowest BCUT2D eigenvalue weighted by atomic mass is 10.1. The molecule has 3 rings (SSSR count). The van der Waals surface area contributed by atoms with E-state index in [0.29, 0.717) is 0 Å². The van der Waals surface area contributed by atoms with E-state index in [4.69, 9.17) is 4.98 Å². The third-order valence-corrected chi connectivity index (χ3v) is 5.83. The zero-order chi connectivity index (χ0) is 21.9. The van der Waals surface area contributed by atoms with Crippen molar-refractivity contribution in [2.24, 2.45) is 0 Å². The maximum absolute atomic E-state index is 13.2. The number of hydrogen-bond donors (Lipinski definition) is 0. The molecule has 1 aromatic carbocycles. The predicted molar refractivity (Wildman–Crippen MR) is 127 cm³/mol. The fraction of sp³-hybridized carbons (Fsp3) is 0.538. The number of benzene rings is 1. The zero-order valence-electron chi connectivity index (χ0n) is 19.3. The minimum Gasteiger partial charge on any atom is -0.339 e. The summed E-state index contributed by atoms with van der Waals surface area (Å²) in [6.45, 7) is 11.9. The van der Waals surface area contributed by atoms with Gasteiger partial charge in [0.1, 0.15) is 0 Å². The van der Waals surface area contributed by atoms with Gasteiger partial charge in [0.2, 0.25) is 0 Å². The van der Waals surface area contributed by atoms with Crippen LogP contribution < -0.4 is 0 Å². The molecule has 0 saturated carbocycles. The second kappa shape index (κ2) is 12.6. The lowest BCUT2D eigenvalue weighted by molar-refractivity contribution is 0.0737. The van der Waals surface area contributed by atoms with Gasteiger partial charge < -0.3 is 4.90 Å². The molecule has 1 aliphatic rings. The Labute approximate surface area is 188 Å². The maximum atomic E-state index is 13.2. The highest BCUT2D eigenvalue weighted by Gasteiger charge is 2.17. The Hall–Kier alpha value is -2.24. The molecule has 0 spiro atoms. The number of pyridine rings is 1. The zero-order valence-corrected chi connectivity index (χ0v) is 19.3. The molecule has 5 heteroatoms. The Morgan fingerprint density at radius 2 is 1.32 bits per heavy atom. The Bertz CT molecular complexity index is 758. The molecule has 0 radical (unpaired) electrons. The summed E-state index contributed by atoms with van der Waals surface area (Å²) in [5, 5.41) is 0.